The van der Waals surface area contributed by atoms with Crippen molar-refractivity contribution >= 4 is 17.1 Å². The van der Waals surface area contributed by atoms with E-state index in [-0.39, 0.29) is 0 Å². The molecule has 0 bridgehead atoms. The predicted molar refractivity (Wildman–Crippen MR) is 65.4 cm³/mol. The van der Waals surface area contributed by atoms with Gasteiger partial charge in [0, 0.05) is 29.8 Å². The van der Waals surface area contributed by atoms with Gasteiger partial charge in [0.1, 0.15) is 0 Å². The number of nitrogens with zero attached hydrogens (tertiary/aromatic N) is 2. The van der Waals surface area contributed by atoms with Crippen molar-refractivity contribution in [1.29, 1.82) is 0 Å². The molecule has 0 radical (unpaired) electrons. The smallest absolute Gasteiger partial charge is 0.0917 e. The number of benzene rings is 1. The van der Waals surface area contributed by atoms with Crippen LogP contribution in [0.3, 0.4) is 0 Å². The van der Waals surface area contributed by atoms with Crippen LogP contribution < -0.4 is 0 Å². The first kappa shape index (κ1) is 8.11. The number of hydrogen-bond donors (Lipinski definition) is 0. The van der Waals surface area contributed by atoms with E-state index >= 15 is 0 Å². The fourth-order valence-corrected chi connectivity index (χ4v) is 2.48. The Kier molecular flexibility index (Phi) is 1.38. The lowest BCUT2D eigenvalue weighted by atomic mass is 10.1. The molecule has 0 fully saturated rings. The van der Waals surface area contributed by atoms with Crippen molar-refractivity contribution in [2.24, 2.45) is 0 Å². The molecule has 1 aromatic rings. The third kappa shape index (κ3) is 0.890. The normalized spacial score (nSPS) is 13.8. The molecule has 0 N–H and O–H groups in total. The fraction of sp³-hybridized carbons (Fsp3) is 0.0714. The minimum Gasteiger partial charge on any atom is -0.325 e. The summed E-state index contributed by atoms with van der Waals surface area (Å²) in [5.41, 5.74) is 4.81. The molecule has 0 atom stereocenters. The highest BCUT2D eigenvalue weighted by Gasteiger charge is 2.18. The quantitative estimate of drug-likeness (QED) is 0.552. The van der Waals surface area contributed by atoms with Crippen LogP contribution in [0.15, 0.2) is 42.6 Å². The van der Waals surface area contributed by atoms with Gasteiger partial charge in [-0.3, -0.25) is 0 Å². The van der Waals surface area contributed by atoms with E-state index in [2.05, 4.69) is 47.3 Å². The van der Waals surface area contributed by atoms with Crippen LogP contribution in [0.2, 0.25) is 0 Å². The Labute approximate surface area is 93.2 Å². The lowest BCUT2D eigenvalue weighted by molar-refractivity contribution is 1.03. The van der Waals surface area contributed by atoms with Gasteiger partial charge in [-0.05, 0) is 12.1 Å². The molecule has 0 aliphatic carbocycles. The van der Waals surface area contributed by atoms with Gasteiger partial charge < -0.3 is 4.57 Å². The molecule has 0 amide bonds. The minimum atomic E-state index is 0.987. The zero-order valence-electron chi connectivity index (χ0n) is 8.72. The summed E-state index contributed by atoms with van der Waals surface area (Å²) >= 11 is 0. The first-order valence-corrected chi connectivity index (χ1v) is 5.48. The van der Waals surface area contributed by atoms with Crippen molar-refractivity contribution in [1.82, 2.24) is 9.55 Å². The third-order valence-electron chi connectivity index (χ3n) is 3.25. The summed E-state index contributed by atoms with van der Waals surface area (Å²) < 4.78 is 2.16. The summed E-state index contributed by atoms with van der Waals surface area (Å²) in [7, 11) is 0. The van der Waals surface area contributed by atoms with Gasteiger partial charge in [0.25, 0.3) is 0 Å². The number of rotatable bonds is 0. The van der Waals surface area contributed by atoms with Crippen molar-refractivity contribution < 1.29 is 0 Å². The van der Waals surface area contributed by atoms with Gasteiger partial charge >= 0.3 is 0 Å². The van der Waals surface area contributed by atoms with Gasteiger partial charge in [0.2, 0.25) is 0 Å². The summed E-state index contributed by atoms with van der Waals surface area (Å²) in [6.45, 7) is 0. The molecule has 0 unspecified atom stereocenters. The molecule has 3 aliphatic heterocycles. The second-order valence-corrected chi connectivity index (χ2v) is 4.15. The van der Waals surface area contributed by atoms with Crippen molar-refractivity contribution in [3.05, 3.63) is 48.3 Å². The van der Waals surface area contributed by atoms with E-state index in [1.54, 1.807) is 0 Å². The molecular formula is C14H10N2. The molecule has 76 valence electrons. The summed E-state index contributed by atoms with van der Waals surface area (Å²) in [5.74, 6) is 0. The maximum Gasteiger partial charge on any atom is 0.0917 e. The van der Waals surface area contributed by atoms with Gasteiger partial charge in [-0.25, -0.2) is 4.98 Å². The molecule has 4 rings (SSSR count). The first-order chi connectivity index (χ1) is 7.93. The Hall–Kier alpha value is -2.09. The van der Waals surface area contributed by atoms with Crippen molar-refractivity contribution in [3.63, 3.8) is 0 Å². The zero-order chi connectivity index (χ0) is 10.5. The highest BCUT2D eigenvalue weighted by molar-refractivity contribution is 5.98. The van der Waals surface area contributed by atoms with Crippen LogP contribution in [0, 0.1) is 0 Å². The topological polar surface area (TPSA) is 17.8 Å². The second-order valence-electron chi connectivity index (χ2n) is 4.15. The highest BCUT2D eigenvalue weighted by atomic mass is 15.0. The minimum absolute atomic E-state index is 0.987. The van der Waals surface area contributed by atoms with E-state index in [1.165, 1.54) is 16.6 Å². The summed E-state index contributed by atoms with van der Waals surface area (Å²) in [6.07, 6.45) is 7.39. The molecule has 0 saturated heterocycles. The summed E-state index contributed by atoms with van der Waals surface area (Å²) in [6, 6.07) is 10.5. The Morgan fingerprint density at radius 3 is 3.06 bits per heavy atom. The van der Waals surface area contributed by atoms with Crippen LogP contribution in [-0.2, 0) is 6.42 Å². The van der Waals surface area contributed by atoms with Crippen LogP contribution in [0.1, 0.15) is 5.69 Å². The number of pyridine rings is 1. The van der Waals surface area contributed by atoms with E-state index in [0.717, 1.165) is 17.6 Å². The Bertz CT molecular complexity index is 691. The van der Waals surface area contributed by atoms with E-state index in [4.69, 9.17) is 4.98 Å². The van der Waals surface area contributed by atoms with Crippen LogP contribution in [0.4, 0.5) is 0 Å². The van der Waals surface area contributed by atoms with Gasteiger partial charge in [-0.15, -0.1) is 0 Å². The highest BCUT2D eigenvalue weighted by Crippen LogP contribution is 2.34. The van der Waals surface area contributed by atoms with Gasteiger partial charge in [0.05, 0.1) is 16.9 Å². The first-order valence-electron chi connectivity index (χ1n) is 5.48. The molecular weight excluding hydrogens is 196 g/mol. The van der Waals surface area contributed by atoms with Crippen molar-refractivity contribution in [2.75, 3.05) is 0 Å². The van der Waals surface area contributed by atoms with Gasteiger partial charge in [0.15, 0.2) is 0 Å². The maximum atomic E-state index is 4.73. The SMILES string of the molecule is C1=Cn2ccc3c4ccccc4nc-3c2C1. The molecule has 0 aromatic heterocycles. The molecule has 3 aliphatic rings. The predicted octanol–water partition coefficient (Wildman–Crippen LogP) is 3.17. The number of allylic oxidation sites excluding steroid dienone is 1. The summed E-state index contributed by atoms with van der Waals surface area (Å²) in [4.78, 5) is 4.73. The molecule has 3 heterocycles. The molecule has 16 heavy (non-hydrogen) atoms. The lowest BCUT2D eigenvalue weighted by Crippen LogP contribution is -1.96. The van der Waals surface area contributed by atoms with Crippen molar-refractivity contribution in [3.8, 4) is 11.3 Å². The average Bonchev–Trinajstić information content (AvgIpc) is 2.92. The number of hydrogen-bond acceptors (Lipinski definition) is 1. The standard InChI is InChI=1S/C14H10N2/c1-2-5-12-10(4-1)11-7-9-16-8-3-6-13(16)14(11)15-12/h1-5,7-9H,6H2. The molecule has 2 nitrogen and oxygen atoms in total. The Morgan fingerprint density at radius 2 is 2.06 bits per heavy atom. The van der Waals surface area contributed by atoms with E-state index in [9.17, 15) is 0 Å². The number of para-hydroxylation sites is 1. The van der Waals surface area contributed by atoms with Crippen LogP contribution in [0.5, 0.6) is 0 Å². The van der Waals surface area contributed by atoms with Crippen LogP contribution in [0.25, 0.3) is 28.4 Å². The zero-order valence-corrected chi connectivity index (χ0v) is 8.72. The van der Waals surface area contributed by atoms with Crippen molar-refractivity contribution in [2.45, 2.75) is 6.42 Å². The van der Waals surface area contributed by atoms with E-state index < -0.39 is 0 Å². The largest absolute Gasteiger partial charge is 0.325 e. The van der Waals surface area contributed by atoms with Crippen LogP contribution in [-0.4, -0.2) is 9.55 Å². The van der Waals surface area contributed by atoms with E-state index in [1.807, 2.05) is 6.07 Å². The lowest BCUT2D eigenvalue weighted by Gasteiger charge is -2.07. The van der Waals surface area contributed by atoms with Gasteiger partial charge in [-0.2, -0.15) is 0 Å². The number of aromatic nitrogens is 2. The van der Waals surface area contributed by atoms with Crippen LogP contribution >= 0.6 is 0 Å². The molecule has 1 aromatic carbocycles. The average molecular weight is 206 g/mol. The molecule has 0 saturated carbocycles. The fourth-order valence-electron chi connectivity index (χ4n) is 2.48. The monoisotopic (exact) mass is 206 g/mol. The molecule has 0 spiro atoms. The number of fused-ring (bicyclic) bond motifs is 5. The summed E-state index contributed by atoms with van der Waals surface area (Å²) in [5, 5.41) is 1.26. The Balaban J connectivity index is 2.19. The molecule has 2 heteroatoms. The van der Waals surface area contributed by atoms with E-state index in [0.29, 0.717) is 0 Å². The maximum absolute atomic E-state index is 4.73. The Morgan fingerprint density at radius 1 is 1.12 bits per heavy atom. The third-order valence-corrected chi connectivity index (χ3v) is 3.25. The van der Waals surface area contributed by atoms with Gasteiger partial charge in [-0.1, -0.05) is 24.3 Å². The second kappa shape index (κ2) is 2.73.